The fraction of sp³-hybridized carbons (Fsp3) is 0.615. The van der Waals surface area contributed by atoms with E-state index in [1.165, 1.54) is 6.07 Å². The summed E-state index contributed by atoms with van der Waals surface area (Å²) in [5, 5.41) is 8.58. The predicted octanol–water partition coefficient (Wildman–Crippen LogP) is 2.94. The fourth-order valence-electron chi connectivity index (χ4n) is 2.59. The van der Waals surface area contributed by atoms with Gasteiger partial charge >= 0.3 is 5.97 Å². The summed E-state index contributed by atoms with van der Waals surface area (Å²) in [6.07, 6.45) is 3.55. The molecule has 19 heavy (non-hydrogen) atoms. The maximum Gasteiger partial charge on any atom is 0.345 e. The number of thiophene rings is 1. The molecule has 0 saturated heterocycles. The van der Waals surface area contributed by atoms with E-state index in [1.54, 1.807) is 6.07 Å². The van der Waals surface area contributed by atoms with Crippen LogP contribution in [0, 0.1) is 5.92 Å². The molecular formula is C13H18O4S2. The highest BCUT2D eigenvalue weighted by Crippen LogP contribution is 2.31. The van der Waals surface area contributed by atoms with Crippen LogP contribution in [-0.4, -0.2) is 24.7 Å². The second-order valence-corrected chi connectivity index (χ2v) is 8.72. The topological polar surface area (TPSA) is 71.4 Å². The van der Waals surface area contributed by atoms with Crippen LogP contribution in [0.2, 0.25) is 0 Å². The van der Waals surface area contributed by atoms with Crippen molar-refractivity contribution in [1.82, 2.24) is 0 Å². The molecular weight excluding hydrogens is 284 g/mol. The number of sulfone groups is 1. The first kappa shape index (κ1) is 14.5. The van der Waals surface area contributed by atoms with Crippen LogP contribution in [0.4, 0.5) is 0 Å². The van der Waals surface area contributed by atoms with Crippen molar-refractivity contribution < 1.29 is 18.3 Å². The van der Waals surface area contributed by atoms with Crippen LogP contribution in [0.15, 0.2) is 12.1 Å². The minimum Gasteiger partial charge on any atom is -0.477 e. The highest BCUT2D eigenvalue weighted by molar-refractivity contribution is 7.91. The molecule has 1 aliphatic carbocycles. The van der Waals surface area contributed by atoms with E-state index < -0.39 is 15.8 Å². The first-order valence-electron chi connectivity index (χ1n) is 6.42. The molecule has 0 amide bonds. The lowest BCUT2D eigenvalue weighted by Crippen LogP contribution is -2.28. The van der Waals surface area contributed by atoms with Crippen LogP contribution >= 0.6 is 11.3 Å². The summed E-state index contributed by atoms with van der Waals surface area (Å²) in [7, 11) is -3.16. The van der Waals surface area contributed by atoms with Gasteiger partial charge in [0.05, 0.1) is 11.0 Å². The number of rotatable bonds is 4. The summed E-state index contributed by atoms with van der Waals surface area (Å²) in [6, 6.07) is 3.08. The van der Waals surface area contributed by atoms with Gasteiger partial charge in [0.15, 0.2) is 9.84 Å². The van der Waals surface area contributed by atoms with Gasteiger partial charge in [-0.3, -0.25) is 0 Å². The molecule has 1 aromatic rings. The zero-order valence-corrected chi connectivity index (χ0v) is 12.5. The van der Waals surface area contributed by atoms with E-state index in [1.807, 2.05) is 0 Å². The molecule has 6 heteroatoms. The van der Waals surface area contributed by atoms with Crippen molar-refractivity contribution in [1.29, 1.82) is 0 Å². The van der Waals surface area contributed by atoms with Gasteiger partial charge in [-0.25, -0.2) is 13.2 Å². The number of carboxylic acid groups (broad SMARTS) is 1. The largest absolute Gasteiger partial charge is 0.477 e. The van der Waals surface area contributed by atoms with Gasteiger partial charge in [-0.1, -0.05) is 19.8 Å². The van der Waals surface area contributed by atoms with Crippen LogP contribution in [0.1, 0.15) is 47.2 Å². The lowest BCUT2D eigenvalue weighted by Gasteiger charge is -2.26. The summed E-state index contributed by atoms with van der Waals surface area (Å²) in [5.74, 6) is -0.561. The van der Waals surface area contributed by atoms with Crippen LogP contribution in [-0.2, 0) is 15.6 Å². The van der Waals surface area contributed by atoms with Gasteiger partial charge in [0, 0.05) is 4.88 Å². The number of aromatic carboxylic acids is 1. The van der Waals surface area contributed by atoms with E-state index in [0.717, 1.165) is 37.0 Å². The Kier molecular flexibility index (Phi) is 4.30. The molecule has 2 unspecified atom stereocenters. The van der Waals surface area contributed by atoms with E-state index in [4.69, 9.17) is 5.11 Å². The van der Waals surface area contributed by atoms with Crippen molar-refractivity contribution in [2.24, 2.45) is 5.92 Å². The number of carbonyl (C=O) groups is 1. The number of hydrogen-bond donors (Lipinski definition) is 1. The molecule has 1 aromatic heterocycles. The molecule has 0 bridgehead atoms. The molecule has 0 radical (unpaired) electrons. The number of carboxylic acids is 1. The smallest absolute Gasteiger partial charge is 0.345 e. The van der Waals surface area contributed by atoms with Crippen molar-refractivity contribution in [3.05, 3.63) is 21.9 Å². The molecule has 2 atom stereocenters. The van der Waals surface area contributed by atoms with Crippen molar-refractivity contribution in [2.75, 3.05) is 0 Å². The molecule has 106 valence electrons. The Bertz CT molecular complexity index is 559. The summed E-state index contributed by atoms with van der Waals surface area (Å²) in [5.41, 5.74) is 0. The average molecular weight is 302 g/mol. The normalized spacial score (nSPS) is 24.3. The lowest BCUT2D eigenvalue weighted by molar-refractivity contribution is 0.0702. The zero-order chi connectivity index (χ0) is 14.0. The molecule has 4 nitrogen and oxygen atoms in total. The van der Waals surface area contributed by atoms with Crippen molar-refractivity contribution in [3.63, 3.8) is 0 Å². The summed E-state index contributed by atoms with van der Waals surface area (Å²) < 4.78 is 24.7. The van der Waals surface area contributed by atoms with Crippen LogP contribution in [0.3, 0.4) is 0 Å². The fourth-order valence-corrected chi connectivity index (χ4v) is 5.84. The van der Waals surface area contributed by atoms with Gasteiger partial charge in [0.2, 0.25) is 0 Å². The van der Waals surface area contributed by atoms with E-state index in [-0.39, 0.29) is 15.9 Å². The minimum absolute atomic E-state index is 0.0255. The van der Waals surface area contributed by atoms with Crippen LogP contribution in [0.25, 0.3) is 0 Å². The highest BCUT2D eigenvalue weighted by Gasteiger charge is 2.30. The predicted molar refractivity (Wildman–Crippen MR) is 75.3 cm³/mol. The Morgan fingerprint density at radius 2 is 2.16 bits per heavy atom. The first-order chi connectivity index (χ1) is 8.88. The SMILES string of the molecule is CC1CCCC(S(=O)(=O)Cc2ccc(C(=O)O)s2)C1. The zero-order valence-electron chi connectivity index (χ0n) is 10.8. The molecule has 1 N–H and O–H groups in total. The second kappa shape index (κ2) is 5.63. The van der Waals surface area contributed by atoms with Crippen molar-refractivity contribution in [3.8, 4) is 0 Å². The molecule has 1 saturated carbocycles. The van der Waals surface area contributed by atoms with Crippen LogP contribution < -0.4 is 0 Å². The average Bonchev–Trinajstić information content (AvgIpc) is 2.77. The Morgan fingerprint density at radius 3 is 2.74 bits per heavy atom. The van der Waals surface area contributed by atoms with Gasteiger partial charge in [0.25, 0.3) is 0 Å². The highest BCUT2D eigenvalue weighted by atomic mass is 32.2. The summed E-state index contributed by atoms with van der Waals surface area (Å²) >= 11 is 1.05. The summed E-state index contributed by atoms with van der Waals surface area (Å²) in [4.78, 5) is 11.6. The molecule has 1 fully saturated rings. The van der Waals surface area contributed by atoms with E-state index in [0.29, 0.717) is 10.8 Å². The van der Waals surface area contributed by atoms with E-state index in [9.17, 15) is 13.2 Å². The molecule has 1 heterocycles. The standard InChI is InChI=1S/C13H18O4S2/c1-9-3-2-4-11(7-9)19(16,17)8-10-5-6-12(18-10)13(14)15/h5-6,9,11H,2-4,7-8H2,1H3,(H,14,15). The van der Waals surface area contributed by atoms with Crippen molar-refractivity contribution >= 4 is 27.1 Å². The first-order valence-corrected chi connectivity index (χ1v) is 8.95. The third-order valence-electron chi connectivity index (χ3n) is 3.61. The maximum absolute atomic E-state index is 12.3. The van der Waals surface area contributed by atoms with Gasteiger partial charge < -0.3 is 5.11 Å². The Hall–Kier alpha value is -0.880. The van der Waals surface area contributed by atoms with E-state index >= 15 is 0 Å². The molecule has 0 aliphatic heterocycles. The van der Waals surface area contributed by atoms with Gasteiger partial charge in [-0.15, -0.1) is 11.3 Å². The monoisotopic (exact) mass is 302 g/mol. The molecule has 1 aliphatic rings. The third-order valence-corrected chi connectivity index (χ3v) is 7.03. The lowest BCUT2D eigenvalue weighted by atomic mass is 9.91. The third kappa shape index (κ3) is 3.57. The molecule has 0 aromatic carbocycles. The Morgan fingerprint density at radius 1 is 1.42 bits per heavy atom. The van der Waals surface area contributed by atoms with Gasteiger partial charge in [-0.05, 0) is 30.9 Å². The number of hydrogen-bond acceptors (Lipinski definition) is 4. The maximum atomic E-state index is 12.3. The van der Waals surface area contributed by atoms with Crippen molar-refractivity contribution in [2.45, 2.75) is 43.6 Å². The molecule has 0 spiro atoms. The van der Waals surface area contributed by atoms with Gasteiger partial charge in [-0.2, -0.15) is 0 Å². The molecule has 2 rings (SSSR count). The van der Waals surface area contributed by atoms with E-state index in [2.05, 4.69) is 6.92 Å². The van der Waals surface area contributed by atoms with Crippen LogP contribution in [0.5, 0.6) is 0 Å². The summed E-state index contributed by atoms with van der Waals surface area (Å²) in [6.45, 7) is 2.09. The Labute approximate surface area is 117 Å². The quantitative estimate of drug-likeness (QED) is 0.928. The Balaban J connectivity index is 2.09. The second-order valence-electron chi connectivity index (χ2n) is 5.27. The van der Waals surface area contributed by atoms with Gasteiger partial charge in [0.1, 0.15) is 4.88 Å². The minimum atomic E-state index is -3.16.